The molecule has 1 atom stereocenters. The first-order valence-corrected chi connectivity index (χ1v) is 11.9. The third-order valence-corrected chi connectivity index (χ3v) is 7.04. The minimum Gasteiger partial charge on any atom is -0.492 e. The van der Waals surface area contributed by atoms with E-state index in [2.05, 4.69) is 12.2 Å². The molecule has 0 bridgehead atoms. The van der Waals surface area contributed by atoms with Crippen molar-refractivity contribution in [3.8, 4) is 5.75 Å². The van der Waals surface area contributed by atoms with E-state index in [0.717, 1.165) is 19.3 Å². The monoisotopic (exact) mass is 456 g/mol. The highest BCUT2D eigenvalue weighted by atomic mass is 32.1. The number of carbonyl (C=O) groups is 2. The summed E-state index contributed by atoms with van der Waals surface area (Å²) in [4.78, 5) is 41.6. The van der Waals surface area contributed by atoms with E-state index in [1.54, 1.807) is 15.9 Å². The van der Waals surface area contributed by atoms with Crippen molar-refractivity contribution < 1.29 is 19.1 Å². The second-order valence-corrected chi connectivity index (χ2v) is 9.08. The summed E-state index contributed by atoms with van der Waals surface area (Å²) in [5.74, 6) is -0.157. The summed E-state index contributed by atoms with van der Waals surface area (Å²) in [5.41, 5.74) is 0.635. The molecule has 0 fully saturated rings. The lowest BCUT2D eigenvalue weighted by molar-refractivity contribution is -0.135. The number of aromatic nitrogens is 1. The number of pyridine rings is 1. The van der Waals surface area contributed by atoms with Crippen LogP contribution in [0.5, 0.6) is 5.75 Å². The molecule has 32 heavy (non-hydrogen) atoms. The number of methoxy groups -OCH3 is 1. The molecule has 4 rings (SSSR count). The average molecular weight is 457 g/mol. The van der Waals surface area contributed by atoms with Crippen LogP contribution in [0.2, 0.25) is 0 Å². The van der Waals surface area contributed by atoms with Crippen molar-refractivity contribution in [3.05, 3.63) is 62.2 Å². The van der Waals surface area contributed by atoms with Gasteiger partial charge in [0.15, 0.2) is 0 Å². The van der Waals surface area contributed by atoms with Crippen LogP contribution < -0.4 is 10.3 Å². The van der Waals surface area contributed by atoms with Crippen LogP contribution in [0.3, 0.4) is 0 Å². The molecule has 170 valence electrons. The minimum absolute atomic E-state index is 0.00541. The number of hydrogen-bond donors (Lipinski definition) is 0. The van der Waals surface area contributed by atoms with E-state index in [0.29, 0.717) is 44.8 Å². The van der Waals surface area contributed by atoms with E-state index in [1.807, 2.05) is 22.4 Å². The standard InChI is InChI=1S/C24H28N2O5S/c1-30-24(29)22-19-9-11-25(23(28)17-6-3-2-4-7-17)12-13-26(19)21(27)16-20(22)31-14-10-18-8-5-15-32-18/h2-3,5,8,15-17H,4,6-7,9-14H2,1H3/t17-/m1/s1. The van der Waals surface area contributed by atoms with Gasteiger partial charge in [0, 0.05) is 55.0 Å². The maximum atomic E-state index is 13.0. The van der Waals surface area contributed by atoms with E-state index in [4.69, 9.17) is 9.47 Å². The number of nitrogens with zero attached hydrogens (tertiary/aromatic N) is 2. The molecule has 1 aliphatic carbocycles. The van der Waals surface area contributed by atoms with Crippen LogP contribution in [0.4, 0.5) is 0 Å². The predicted molar refractivity (Wildman–Crippen MR) is 122 cm³/mol. The van der Waals surface area contributed by atoms with Gasteiger partial charge in [0.25, 0.3) is 5.56 Å². The highest BCUT2D eigenvalue weighted by Crippen LogP contribution is 2.26. The number of amides is 1. The molecular weight excluding hydrogens is 428 g/mol. The smallest absolute Gasteiger partial charge is 0.343 e. The molecule has 0 radical (unpaired) electrons. The van der Waals surface area contributed by atoms with Crippen LogP contribution in [-0.2, 0) is 28.9 Å². The van der Waals surface area contributed by atoms with Crippen molar-refractivity contribution in [1.82, 2.24) is 9.47 Å². The number of ether oxygens (including phenoxy) is 2. The molecule has 0 saturated heterocycles. The summed E-state index contributed by atoms with van der Waals surface area (Å²) < 4.78 is 12.5. The van der Waals surface area contributed by atoms with Crippen molar-refractivity contribution in [2.75, 3.05) is 26.8 Å². The van der Waals surface area contributed by atoms with E-state index in [-0.39, 0.29) is 28.7 Å². The molecule has 2 aliphatic rings. The molecule has 1 amide bonds. The number of carbonyl (C=O) groups excluding carboxylic acids is 2. The highest BCUT2D eigenvalue weighted by molar-refractivity contribution is 7.09. The van der Waals surface area contributed by atoms with Gasteiger partial charge in [0.1, 0.15) is 11.3 Å². The average Bonchev–Trinajstić information content (AvgIpc) is 3.23. The molecule has 7 nitrogen and oxygen atoms in total. The Morgan fingerprint density at radius 3 is 2.81 bits per heavy atom. The summed E-state index contributed by atoms with van der Waals surface area (Å²) in [6.45, 7) is 1.61. The fourth-order valence-electron chi connectivity index (χ4n) is 4.40. The van der Waals surface area contributed by atoms with E-state index in [1.165, 1.54) is 18.1 Å². The zero-order chi connectivity index (χ0) is 22.5. The van der Waals surface area contributed by atoms with Gasteiger partial charge in [-0.2, -0.15) is 0 Å². The molecule has 0 unspecified atom stereocenters. The Bertz CT molecular complexity index is 1060. The maximum Gasteiger partial charge on any atom is 0.343 e. The lowest BCUT2D eigenvalue weighted by Gasteiger charge is -2.26. The molecule has 0 saturated carbocycles. The summed E-state index contributed by atoms with van der Waals surface area (Å²) in [6.07, 6.45) is 7.81. The molecule has 0 N–H and O–H groups in total. The van der Waals surface area contributed by atoms with Gasteiger partial charge in [-0.15, -0.1) is 11.3 Å². The number of allylic oxidation sites excluding steroid dienone is 2. The Kier molecular flexibility index (Phi) is 7.09. The fraction of sp³-hybridized carbons (Fsp3) is 0.458. The Hall–Kier alpha value is -2.87. The van der Waals surface area contributed by atoms with Crippen LogP contribution in [0, 0.1) is 5.92 Å². The molecule has 2 aromatic heterocycles. The van der Waals surface area contributed by atoms with Gasteiger partial charge < -0.3 is 18.9 Å². The number of esters is 1. The van der Waals surface area contributed by atoms with Crippen molar-refractivity contribution in [1.29, 1.82) is 0 Å². The van der Waals surface area contributed by atoms with Gasteiger partial charge >= 0.3 is 5.97 Å². The summed E-state index contributed by atoms with van der Waals surface area (Å²) in [7, 11) is 1.32. The molecule has 3 heterocycles. The van der Waals surface area contributed by atoms with Gasteiger partial charge in [-0.1, -0.05) is 18.2 Å². The maximum absolute atomic E-state index is 13.0. The lowest BCUT2D eigenvalue weighted by Crippen LogP contribution is -2.38. The highest BCUT2D eigenvalue weighted by Gasteiger charge is 2.30. The molecule has 1 aliphatic heterocycles. The van der Waals surface area contributed by atoms with Gasteiger partial charge in [-0.25, -0.2) is 4.79 Å². The van der Waals surface area contributed by atoms with Crippen LogP contribution in [0.15, 0.2) is 40.5 Å². The van der Waals surface area contributed by atoms with Crippen LogP contribution >= 0.6 is 11.3 Å². The van der Waals surface area contributed by atoms with Crippen LogP contribution in [0.1, 0.15) is 40.2 Å². The zero-order valence-electron chi connectivity index (χ0n) is 18.2. The van der Waals surface area contributed by atoms with Gasteiger partial charge in [0.2, 0.25) is 5.91 Å². The second-order valence-electron chi connectivity index (χ2n) is 8.05. The SMILES string of the molecule is COC(=O)c1c(OCCc2cccs2)cc(=O)n2c1CCN(C(=O)[C@@H]1CC=CCC1)CC2. The normalized spacial score (nSPS) is 18.0. The molecule has 0 aromatic carbocycles. The second kappa shape index (κ2) is 10.2. The van der Waals surface area contributed by atoms with Crippen LogP contribution in [0.25, 0.3) is 0 Å². The Morgan fingerprint density at radius 2 is 2.09 bits per heavy atom. The summed E-state index contributed by atoms with van der Waals surface area (Å²) in [6, 6.07) is 5.37. The topological polar surface area (TPSA) is 77.8 Å². The van der Waals surface area contributed by atoms with E-state index in [9.17, 15) is 14.4 Å². The molecular formula is C24H28N2O5S. The third kappa shape index (κ3) is 4.80. The number of hydrogen-bond acceptors (Lipinski definition) is 6. The van der Waals surface area contributed by atoms with E-state index < -0.39 is 5.97 Å². The molecule has 2 aromatic rings. The Balaban J connectivity index is 1.56. The first kappa shape index (κ1) is 22.3. The Labute approximate surface area is 191 Å². The van der Waals surface area contributed by atoms with Gasteiger partial charge in [-0.05, 0) is 30.7 Å². The van der Waals surface area contributed by atoms with Crippen molar-refractivity contribution in [3.63, 3.8) is 0 Å². The number of thiophene rings is 1. The third-order valence-electron chi connectivity index (χ3n) is 6.10. The minimum atomic E-state index is -0.530. The predicted octanol–water partition coefficient (Wildman–Crippen LogP) is 3.06. The zero-order valence-corrected chi connectivity index (χ0v) is 19.1. The van der Waals surface area contributed by atoms with Crippen molar-refractivity contribution >= 4 is 23.2 Å². The number of fused-ring (bicyclic) bond motifs is 1. The van der Waals surface area contributed by atoms with Crippen molar-refractivity contribution in [2.24, 2.45) is 5.92 Å². The van der Waals surface area contributed by atoms with Gasteiger partial charge in [0.05, 0.1) is 13.7 Å². The molecule has 8 heteroatoms. The van der Waals surface area contributed by atoms with E-state index >= 15 is 0 Å². The largest absolute Gasteiger partial charge is 0.492 e. The van der Waals surface area contributed by atoms with Crippen molar-refractivity contribution in [2.45, 2.75) is 38.6 Å². The lowest BCUT2D eigenvalue weighted by atomic mass is 9.93. The first-order chi connectivity index (χ1) is 15.6. The Morgan fingerprint density at radius 1 is 1.22 bits per heavy atom. The quantitative estimate of drug-likeness (QED) is 0.493. The van der Waals surface area contributed by atoms with Crippen LogP contribution in [-0.4, -0.2) is 48.1 Å². The summed E-state index contributed by atoms with van der Waals surface area (Å²) >= 11 is 1.64. The number of rotatable bonds is 6. The van der Waals surface area contributed by atoms with Gasteiger partial charge in [-0.3, -0.25) is 9.59 Å². The first-order valence-electron chi connectivity index (χ1n) is 11.0. The molecule has 0 spiro atoms. The summed E-state index contributed by atoms with van der Waals surface area (Å²) in [5, 5.41) is 2.00. The fourth-order valence-corrected chi connectivity index (χ4v) is 5.09.